The molecular formula is C7H4Cl2N4O. The molecular weight excluding hydrogens is 227 g/mol. The first kappa shape index (κ1) is 9.23. The highest BCUT2D eigenvalue weighted by molar-refractivity contribution is 6.38. The van der Waals surface area contributed by atoms with Gasteiger partial charge < -0.3 is 5.32 Å². The number of rotatable bonds is 2. The molecule has 2 N–H and O–H groups in total. The van der Waals surface area contributed by atoms with E-state index < -0.39 is 0 Å². The number of pyridine rings is 1. The summed E-state index contributed by atoms with van der Waals surface area (Å²) in [7, 11) is 0. The van der Waals surface area contributed by atoms with E-state index in [1.165, 1.54) is 6.20 Å². The normalized spacial score (nSPS) is 10.4. The third kappa shape index (κ3) is 1.30. The number of H-pyrrole nitrogens is 1. The van der Waals surface area contributed by atoms with Crippen molar-refractivity contribution >= 4 is 46.2 Å². The fourth-order valence-electron chi connectivity index (χ4n) is 1.13. The number of halogens is 2. The number of carbonyl (C=O) groups is 1. The lowest BCUT2D eigenvalue weighted by Crippen LogP contribution is -1.97. The van der Waals surface area contributed by atoms with E-state index in [4.69, 9.17) is 23.2 Å². The van der Waals surface area contributed by atoms with Crippen LogP contribution in [0, 0.1) is 0 Å². The molecule has 14 heavy (non-hydrogen) atoms. The zero-order valence-corrected chi connectivity index (χ0v) is 8.23. The number of anilines is 1. The van der Waals surface area contributed by atoms with Crippen molar-refractivity contribution in [2.45, 2.75) is 0 Å². The summed E-state index contributed by atoms with van der Waals surface area (Å²) in [6.45, 7) is 0. The fourth-order valence-corrected chi connectivity index (χ4v) is 1.63. The van der Waals surface area contributed by atoms with Crippen LogP contribution in [0.5, 0.6) is 0 Å². The summed E-state index contributed by atoms with van der Waals surface area (Å²) in [5, 5.41) is 9.86. The van der Waals surface area contributed by atoms with Crippen molar-refractivity contribution in [1.29, 1.82) is 0 Å². The first-order chi connectivity index (χ1) is 6.74. The lowest BCUT2D eigenvalue weighted by atomic mass is 10.3. The quantitative estimate of drug-likeness (QED) is 0.611. The van der Waals surface area contributed by atoms with Gasteiger partial charge in [0.1, 0.15) is 10.8 Å². The average molecular weight is 231 g/mol. The summed E-state index contributed by atoms with van der Waals surface area (Å²) in [4.78, 5) is 14.2. The minimum absolute atomic E-state index is 0.124. The molecule has 0 saturated heterocycles. The van der Waals surface area contributed by atoms with Crippen LogP contribution in [0.1, 0.15) is 0 Å². The summed E-state index contributed by atoms with van der Waals surface area (Å²) in [6, 6.07) is 0. The molecule has 72 valence electrons. The van der Waals surface area contributed by atoms with Gasteiger partial charge in [-0.3, -0.25) is 9.89 Å². The molecule has 0 fully saturated rings. The molecule has 2 aromatic heterocycles. The van der Waals surface area contributed by atoms with Gasteiger partial charge >= 0.3 is 0 Å². The van der Waals surface area contributed by atoms with E-state index in [1.807, 2.05) is 0 Å². The summed E-state index contributed by atoms with van der Waals surface area (Å²) < 4.78 is 0. The van der Waals surface area contributed by atoms with E-state index in [-0.39, 0.29) is 10.3 Å². The number of hydrogen-bond acceptors (Lipinski definition) is 3. The molecule has 0 spiro atoms. The second-order valence-electron chi connectivity index (χ2n) is 2.49. The van der Waals surface area contributed by atoms with E-state index in [1.54, 1.807) is 0 Å². The average Bonchev–Trinajstić information content (AvgIpc) is 2.60. The molecule has 0 radical (unpaired) electrons. The second-order valence-corrected chi connectivity index (χ2v) is 3.21. The number of nitrogens with one attached hydrogen (secondary N) is 2. The maximum Gasteiger partial charge on any atom is 0.211 e. The number of aromatic nitrogens is 3. The van der Waals surface area contributed by atoms with Crippen molar-refractivity contribution in [3.63, 3.8) is 0 Å². The minimum atomic E-state index is 0.124. The number of carbonyl (C=O) groups excluding carboxylic acids is 1. The van der Waals surface area contributed by atoms with E-state index in [0.29, 0.717) is 23.0 Å². The first-order valence-corrected chi connectivity index (χ1v) is 4.38. The lowest BCUT2D eigenvalue weighted by Gasteiger charge is -2.03. The summed E-state index contributed by atoms with van der Waals surface area (Å²) in [5.41, 5.74) is 0.931. The highest BCUT2D eigenvalue weighted by Crippen LogP contribution is 2.31. The van der Waals surface area contributed by atoms with Crippen molar-refractivity contribution in [1.82, 2.24) is 15.2 Å². The van der Waals surface area contributed by atoms with Crippen molar-refractivity contribution in [2.75, 3.05) is 5.32 Å². The highest BCUT2D eigenvalue weighted by atomic mass is 35.5. The van der Waals surface area contributed by atoms with Crippen molar-refractivity contribution in [2.24, 2.45) is 0 Å². The lowest BCUT2D eigenvalue weighted by molar-refractivity contribution is -0.105. The Labute approximate surface area is 88.4 Å². The maximum atomic E-state index is 10.3. The Balaban J connectivity index is 2.79. The molecule has 1 amide bonds. The number of fused-ring (bicyclic) bond motifs is 1. The standard InChI is InChI=1S/C7H4Cl2N4O/c8-6-3-1-11-13-4(3)5(10-2-14)7(9)12-6/h1-2H,(H,10,14)(H,11,13). The molecule has 0 saturated carbocycles. The molecule has 0 bridgehead atoms. The Morgan fingerprint density at radius 1 is 1.43 bits per heavy atom. The van der Waals surface area contributed by atoms with E-state index >= 15 is 0 Å². The number of aromatic amines is 1. The van der Waals surface area contributed by atoms with Crippen molar-refractivity contribution in [3.8, 4) is 0 Å². The van der Waals surface area contributed by atoms with Crippen LogP contribution in [0.15, 0.2) is 6.20 Å². The zero-order chi connectivity index (χ0) is 10.1. The Morgan fingerprint density at radius 2 is 2.21 bits per heavy atom. The van der Waals surface area contributed by atoms with E-state index in [2.05, 4.69) is 20.5 Å². The van der Waals surface area contributed by atoms with Crippen LogP contribution in [0.25, 0.3) is 10.9 Å². The van der Waals surface area contributed by atoms with Gasteiger partial charge in [0.15, 0.2) is 5.15 Å². The highest BCUT2D eigenvalue weighted by Gasteiger charge is 2.12. The van der Waals surface area contributed by atoms with Gasteiger partial charge in [0.05, 0.1) is 17.1 Å². The van der Waals surface area contributed by atoms with Gasteiger partial charge in [-0.05, 0) is 0 Å². The van der Waals surface area contributed by atoms with Crippen LogP contribution in [0.3, 0.4) is 0 Å². The molecule has 0 aliphatic rings. The number of hydrogen-bond donors (Lipinski definition) is 2. The molecule has 0 atom stereocenters. The van der Waals surface area contributed by atoms with Gasteiger partial charge in [-0.15, -0.1) is 0 Å². The van der Waals surface area contributed by atoms with Gasteiger partial charge in [-0.1, -0.05) is 23.2 Å². The van der Waals surface area contributed by atoms with E-state index in [0.717, 1.165) is 0 Å². The van der Waals surface area contributed by atoms with Gasteiger partial charge in [-0.2, -0.15) is 5.10 Å². The molecule has 2 heterocycles. The van der Waals surface area contributed by atoms with Gasteiger partial charge in [-0.25, -0.2) is 4.98 Å². The Kier molecular flexibility index (Phi) is 2.26. The van der Waals surface area contributed by atoms with E-state index in [9.17, 15) is 4.79 Å². The first-order valence-electron chi connectivity index (χ1n) is 3.62. The van der Waals surface area contributed by atoms with Crippen molar-refractivity contribution < 1.29 is 4.79 Å². The predicted octanol–water partition coefficient (Wildman–Crippen LogP) is 1.83. The number of nitrogens with zero attached hydrogens (tertiary/aromatic N) is 2. The predicted molar refractivity (Wildman–Crippen MR) is 53.6 cm³/mol. The van der Waals surface area contributed by atoms with Gasteiger partial charge in [0.25, 0.3) is 0 Å². The zero-order valence-electron chi connectivity index (χ0n) is 6.71. The topological polar surface area (TPSA) is 70.7 Å². The minimum Gasteiger partial charge on any atom is -0.324 e. The second kappa shape index (κ2) is 3.43. The summed E-state index contributed by atoms with van der Waals surface area (Å²) >= 11 is 11.6. The molecule has 0 unspecified atom stereocenters. The Morgan fingerprint density at radius 3 is 2.93 bits per heavy atom. The Bertz CT molecular complexity index is 496. The number of amides is 1. The monoisotopic (exact) mass is 230 g/mol. The van der Waals surface area contributed by atoms with Crippen molar-refractivity contribution in [3.05, 3.63) is 16.5 Å². The fraction of sp³-hybridized carbons (Fsp3) is 0. The summed E-state index contributed by atoms with van der Waals surface area (Å²) in [6.07, 6.45) is 2.02. The SMILES string of the molecule is O=CNc1c(Cl)nc(Cl)c2cn[nH]c12. The maximum absolute atomic E-state index is 10.3. The third-order valence-electron chi connectivity index (χ3n) is 1.72. The molecule has 5 nitrogen and oxygen atoms in total. The molecule has 0 aromatic carbocycles. The largest absolute Gasteiger partial charge is 0.324 e. The van der Waals surface area contributed by atoms with Gasteiger partial charge in [0.2, 0.25) is 6.41 Å². The molecule has 0 aliphatic heterocycles. The Hall–Kier alpha value is -1.33. The van der Waals surface area contributed by atoms with Crippen LogP contribution >= 0.6 is 23.2 Å². The molecule has 2 rings (SSSR count). The smallest absolute Gasteiger partial charge is 0.211 e. The van der Waals surface area contributed by atoms with Crippen LogP contribution in [0.4, 0.5) is 5.69 Å². The van der Waals surface area contributed by atoms with Crippen LogP contribution in [0.2, 0.25) is 10.3 Å². The summed E-state index contributed by atoms with van der Waals surface area (Å²) in [5.74, 6) is 0. The van der Waals surface area contributed by atoms with Crippen LogP contribution in [-0.4, -0.2) is 21.6 Å². The van der Waals surface area contributed by atoms with Gasteiger partial charge in [0, 0.05) is 0 Å². The molecule has 0 aliphatic carbocycles. The molecule has 2 aromatic rings. The van der Waals surface area contributed by atoms with Crippen LogP contribution in [-0.2, 0) is 4.79 Å². The van der Waals surface area contributed by atoms with Crippen LogP contribution < -0.4 is 5.32 Å². The third-order valence-corrected chi connectivity index (χ3v) is 2.28. The molecule has 7 heteroatoms.